The standard InChI is InChI=1S/C39H53FN8O5Si/c1-11-27-19-31(33(40)32(20-27)51-17-18-52-54(24(2)3,25(4)5)26(6)7)34(35-46-37(49)48(47-35)36-42-15-12-16-43-36)45-30-14-13-28(22-41)29(21-30)23-44-38(50)53-39(8,9)10/h12-16,19-21,24-26,34,45H,11,17-18,23H2,1-10H3,(H,44,50)(H,46,47,49). The molecule has 1 atom stereocenters. The van der Waals surface area contributed by atoms with Crippen molar-refractivity contribution < 1.29 is 23.1 Å². The Bertz CT molecular complexity index is 1960. The molecule has 2 heterocycles. The molecule has 0 fully saturated rings. The van der Waals surface area contributed by atoms with E-state index in [9.17, 15) is 14.9 Å². The van der Waals surface area contributed by atoms with Gasteiger partial charge in [-0.25, -0.2) is 23.9 Å². The van der Waals surface area contributed by atoms with Crippen molar-refractivity contribution in [2.24, 2.45) is 0 Å². The summed E-state index contributed by atoms with van der Waals surface area (Å²) < 4.78 is 35.9. The smallest absolute Gasteiger partial charge is 0.407 e. The maximum atomic E-state index is 16.8. The Morgan fingerprint density at radius 3 is 2.30 bits per heavy atom. The molecule has 0 saturated heterocycles. The number of carbonyl (C=O) groups is 1. The molecule has 2 aromatic heterocycles. The van der Waals surface area contributed by atoms with Crippen LogP contribution in [0.25, 0.3) is 5.95 Å². The van der Waals surface area contributed by atoms with E-state index in [-0.39, 0.29) is 36.2 Å². The van der Waals surface area contributed by atoms with Crippen LogP contribution in [0.15, 0.2) is 53.6 Å². The average molecular weight is 761 g/mol. The van der Waals surface area contributed by atoms with Crippen molar-refractivity contribution in [2.75, 3.05) is 18.5 Å². The molecular weight excluding hydrogens is 708 g/mol. The van der Waals surface area contributed by atoms with Crippen LogP contribution < -0.4 is 21.1 Å². The Morgan fingerprint density at radius 1 is 1.04 bits per heavy atom. The summed E-state index contributed by atoms with van der Waals surface area (Å²) >= 11 is 0. The predicted octanol–water partition coefficient (Wildman–Crippen LogP) is 7.72. The second-order valence-corrected chi connectivity index (χ2v) is 20.5. The summed E-state index contributed by atoms with van der Waals surface area (Å²) in [6.45, 7) is 20.9. The molecule has 290 valence electrons. The molecule has 0 bridgehead atoms. The summed E-state index contributed by atoms with van der Waals surface area (Å²) in [6, 6.07) is 11.0. The van der Waals surface area contributed by atoms with E-state index >= 15 is 4.39 Å². The van der Waals surface area contributed by atoms with Gasteiger partial charge in [-0.3, -0.25) is 4.98 Å². The van der Waals surface area contributed by atoms with E-state index in [0.29, 0.717) is 46.5 Å². The molecular formula is C39H53FN8O5Si. The lowest BCUT2D eigenvalue weighted by molar-refractivity contribution is 0.0523. The number of ether oxygens (including phenoxy) is 2. The van der Waals surface area contributed by atoms with Gasteiger partial charge in [0.1, 0.15) is 18.2 Å². The second-order valence-electron chi connectivity index (χ2n) is 15.1. The van der Waals surface area contributed by atoms with E-state index < -0.39 is 37.6 Å². The number of amides is 1. The molecule has 0 aliphatic rings. The molecule has 0 spiro atoms. The highest BCUT2D eigenvalue weighted by Gasteiger charge is 2.45. The van der Waals surface area contributed by atoms with E-state index in [1.54, 1.807) is 57.2 Å². The summed E-state index contributed by atoms with van der Waals surface area (Å²) in [7, 11) is -2.17. The minimum atomic E-state index is -2.17. The van der Waals surface area contributed by atoms with Gasteiger partial charge in [0, 0.05) is 30.2 Å². The third-order valence-corrected chi connectivity index (χ3v) is 15.4. The Hall–Kier alpha value is -5.07. The molecule has 1 amide bonds. The van der Waals surface area contributed by atoms with Gasteiger partial charge in [0.15, 0.2) is 25.7 Å². The SMILES string of the molecule is CCc1cc(OCCO[Si](C(C)C)(C(C)C)C(C)C)c(F)c(C(Nc2ccc(C#N)c(CNC(=O)OC(C)(C)C)c2)c2nn(-c3ncccn3)c(=O)[nH]2)c1. The number of aromatic nitrogens is 5. The van der Waals surface area contributed by atoms with Crippen molar-refractivity contribution in [1.29, 1.82) is 5.26 Å². The van der Waals surface area contributed by atoms with Crippen LogP contribution >= 0.6 is 0 Å². The van der Waals surface area contributed by atoms with Crippen LogP contribution in [0.1, 0.15) is 103 Å². The summed E-state index contributed by atoms with van der Waals surface area (Å²) in [5, 5.41) is 20.3. The van der Waals surface area contributed by atoms with Gasteiger partial charge in [0.2, 0.25) is 0 Å². The number of carbonyl (C=O) groups excluding carboxylic acids is 1. The minimum Gasteiger partial charge on any atom is -0.488 e. The van der Waals surface area contributed by atoms with Gasteiger partial charge in [-0.05, 0) is 85.3 Å². The maximum Gasteiger partial charge on any atom is 0.407 e. The molecule has 15 heteroatoms. The fourth-order valence-corrected chi connectivity index (χ4v) is 12.4. The number of hydrogen-bond donors (Lipinski definition) is 3. The van der Waals surface area contributed by atoms with Crippen molar-refractivity contribution in [3.05, 3.63) is 93.2 Å². The first-order valence-corrected chi connectivity index (χ1v) is 20.5. The molecule has 54 heavy (non-hydrogen) atoms. The highest BCUT2D eigenvalue weighted by Crippen LogP contribution is 2.42. The van der Waals surface area contributed by atoms with Crippen LogP contribution in [-0.4, -0.2) is 58.0 Å². The van der Waals surface area contributed by atoms with E-state index in [0.717, 1.165) is 10.2 Å². The van der Waals surface area contributed by atoms with Crippen molar-refractivity contribution in [1.82, 2.24) is 30.0 Å². The molecule has 3 N–H and O–H groups in total. The number of nitrogens with one attached hydrogen (secondary N) is 3. The normalized spacial score (nSPS) is 12.5. The number of rotatable bonds is 16. The van der Waals surface area contributed by atoms with Crippen molar-refractivity contribution in [3.63, 3.8) is 0 Å². The third-order valence-electron chi connectivity index (χ3n) is 9.26. The number of nitriles is 1. The molecule has 2 aromatic carbocycles. The number of hydrogen-bond acceptors (Lipinski definition) is 10. The summed E-state index contributed by atoms with van der Waals surface area (Å²) in [6.07, 6.45) is 2.89. The van der Waals surface area contributed by atoms with Crippen LogP contribution in [0.2, 0.25) is 16.6 Å². The zero-order valence-electron chi connectivity index (χ0n) is 32.9. The Balaban J connectivity index is 1.74. The van der Waals surface area contributed by atoms with Crippen LogP contribution in [0.3, 0.4) is 0 Å². The highest BCUT2D eigenvalue weighted by atomic mass is 28.4. The fraction of sp³-hybridized carbons (Fsp3) is 0.487. The first-order chi connectivity index (χ1) is 25.5. The van der Waals surface area contributed by atoms with E-state index in [1.165, 1.54) is 12.4 Å². The average Bonchev–Trinajstić information content (AvgIpc) is 3.50. The van der Waals surface area contributed by atoms with E-state index in [1.807, 2.05) is 6.92 Å². The van der Waals surface area contributed by atoms with E-state index in [4.69, 9.17) is 13.9 Å². The monoisotopic (exact) mass is 760 g/mol. The number of anilines is 1. The summed E-state index contributed by atoms with van der Waals surface area (Å²) in [5.74, 6) is -0.487. The molecule has 1 unspecified atom stereocenters. The topological polar surface area (TPSA) is 169 Å². The van der Waals surface area contributed by atoms with Crippen LogP contribution in [-0.2, 0) is 22.1 Å². The third kappa shape index (κ3) is 9.91. The minimum absolute atomic E-state index is 0.0108. The van der Waals surface area contributed by atoms with Crippen LogP contribution in [0, 0.1) is 17.1 Å². The van der Waals surface area contributed by atoms with Crippen molar-refractivity contribution in [2.45, 2.75) is 110 Å². The first-order valence-electron chi connectivity index (χ1n) is 18.3. The summed E-state index contributed by atoms with van der Waals surface area (Å²) in [4.78, 5) is 36.7. The quantitative estimate of drug-likeness (QED) is 0.0759. The van der Waals surface area contributed by atoms with Gasteiger partial charge in [-0.1, -0.05) is 54.5 Å². The predicted molar refractivity (Wildman–Crippen MR) is 208 cm³/mol. The Morgan fingerprint density at radius 2 is 1.70 bits per heavy atom. The largest absolute Gasteiger partial charge is 0.488 e. The van der Waals surface area contributed by atoms with Gasteiger partial charge in [0.25, 0.3) is 5.95 Å². The number of H-pyrrole nitrogens is 1. The number of aromatic amines is 1. The lowest BCUT2D eigenvalue weighted by atomic mass is 9.99. The zero-order chi connectivity index (χ0) is 39.8. The second kappa shape index (κ2) is 17.8. The maximum absolute atomic E-state index is 16.8. The van der Waals surface area contributed by atoms with Gasteiger partial charge in [-0.15, -0.1) is 9.78 Å². The van der Waals surface area contributed by atoms with Crippen molar-refractivity contribution >= 4 is 20.1 Å². The number of nitrogens with zero attached hydrogens (tertiary/aromatic N) is 5. The van der Waals surface area contributed by atoms with Gasteiger partial charge in [0.05, 0.1) is 18.2 Å². The Labute approximate surface area is 317 Å². The van der Waals surface area contributed by atoms with Gasteiger partial charge < -0.3 is 24.5 Å². The summed E-state index contributed by atoms with van der Waals surface area (Å²) in [5.41, 5.74) is 2.04. The molecule has 4 rings (SSSR count). The molecule has 13 nitrogen and oxygen atoms in total. The number of benzene rings is 2. The first kappa shape index (κ1) is 41.7. The number of halogens is 1. The van der Waals surface area contributed by atoms with Gasteiger partial charge >= 0.3 is 11.8 Å². The molecule has 0 radical (unpaired) electrons. The zero-order valence-corrected chi connectivity index (χ0v) is 33.9. The van der Waals surface area contributed by atoms with Crippen LogP contribution in [0.4, 0.5) is 14.9 Å². The number of aryl methyl sites for hydroxylation is 1. The lowest BCUT2D eigenvalue weighted by Gasteiger charge is -2.42. The van der Waals surface area contributed by atoms with E-state index in [2.05, 4.69) is 78.3 Å². The molecule has 0 saturated carbocycles. The highest BCUT2D eigenvalue weighted by molar-refractivity contribution is 6.77. The lowest BCUT2D eigenvalue weighted by Crippen LogP contribution is -2.48. The molecule has 0 aliphatic carbocycles. The molecule has 0 aliphatic heterocycles. The molecule has 4 aromatic rings. The van der Waals surface area contributed by atoms with Gasteiger partial charge in [-0.2, -0.15) is 5.26 Å². The fourth-order valence-electron chi connectivity index (χ4n) is 6.96. The van der Waals surface area contributed by atoms with Crippen molar-refractivity contribution in [3.8, 4) is 17.8 Å². The number of alkyl carbamates (subject to hydrolysis) is 1. The Kier molecular flexibility index (Phi) is 13.8. The van der Waals surface area contributed by atoms with Crippen LogP contribution in [0.5, 0.6) is 5.75 Å².